The number of aromatic nitrogens is 1. The molecule has 7 heteroatoms. The Labute approximate surface area is 216 Å². The van der Waals surface area contributed by atoms with E-state index in [-0.39, 0.29) is 29.0 Å². The summed E-state index contributed by atoms with van der Waals surface area (Å²) in [5, 5.41) is 18.1. The van der Waals surface area contributed by atoms with Gasteiger partial charge in [-0.1, -0.05) is 45.1 Å². The highest BCUT2D eigenvalue weighted by atomic mass is 16.7. The third-order valence-corrected chi connectivity index (χ3v) is 10.2. The minimum Gasteiger partial charge on any atom is -0.464 e. The topological polar surface area (TPSA) is 91.0 Å². The van der Waals surface area contributed by atoms with E-state index in [2.05, 4.69) is 32.0 Å². The molecular weight excluding hydrogens is 470 g/mol. The van der Waals surface area contributed by atoms with Gasteiger partial charge >= 0.3 is 0 Å². The fourth-order valence-corrected chi connectivity index (χ4v) is 8.36. The number of aliphatic hydroxyl groups is 1. The Bertz CT molecular complexity index is 1390. The number of ether oxygens (including phenoxy) is 3. The van der Waals surface area contributed by atoms with Crippen LogP contribution in [-0.4, -0.2) is 46.2 Å². The van der Waals surface area contributed by atoms with Gasteiger partial charge in [-0.25, -0.2) is 0 Å². The normalized spacial score (nSPS) is 43.1. The Morgan fingerprint density at radius 1 is 1.16 bits per heavy atom. The van der Waals surface area contributed by atoms with E-state index in [1.807, 2.05) is 51.1 Å². The maximum absolute atomic E-state index is 14.8. The van der Waals surface area contributed by atoms with Gasteiger partial charge in [-0.05, 0) is 78.8 Å². The number of rotatable bonds is 2. The van der Waals surface area contributed by atoms with Crippen LogP contribution in [0.25, 0.3) is 11.0 Å². The zero-order chi connectivity index (χ0) is 26.1. The number of carbonyl (C=O) groups excluding carboxylic acids is 1. The van der Waals surface area contributed by atoms with Crippen molar-refractivity contribution in [2.45, 2.75) is 71.6 Å². The first-order valence-corrected chi connectivity index (χ1v) is 13.4. The fraction of sp³-hybridized carbons (Fsp3) is 0.600. The summed E-state index contributed by atoms with van der Waals surface area (Å²) in [6.07, 6.45) is 3.30. The lowest BCUT2D eigenvalue weighted by atomic mass is 9.59. The molecule has 4 aliphatic carbocycles. The van der Waals surface area contributed by atoms with Gasteiger partial charge in [0.1, 0.15) is 6.10 Å². The van der Waals surface area contributed by atoms with Gasteiger partial charge in [0.2, 0.25) is 0 Å². The van der Waals surface area contributed by atoms with Crippen molar-refractivity contribution >= 4 is 16.8 Å². The van der Waals surface area contributed by atoms with Gasteiger partial charge in [-0.2, -0.15) is 0 Å². The van der Waals surface area contributed by atoms with E-state index in [1.54, 1.807) is 0 Å². The highest BCUT2D eigenvalue weighted by Crippen LogP contribution is 2.72. The molecule has 1 saturated heterocycles. The summed E-state index contributed by atoms with van der Waals surface area (Å²) in [6, 6.07) is 7.48. The molecular formula is C30H35NO6. The van der Waals surface area contributed by atoms with Gasteiger partial charge < -0.3 is 23.8 Å². The summed E-state index contributed by atoms with van der Waals surface area (Å²) in [6.45, 7) is 12.6. The van der Waals surface area contributed by atoms with Crippen LogP contribution in [0.1, 0.15) is 48.0 Å². The summed E-state index contributed by atoms with van der Waals surface area (Å²) in [5.74, 6) is -0.315. The van der Waals surface area contributed by atoms with Crippen LogP contribution in [0.4, 0.5) is 0 Å². The number of para-hydroxylation sites is 1. The van der Waals surface area contributed by atoms with Gasteiger partial charge in [0.05, 0.1) is 17.4 Å². The molecule has 1 aromatic carbocycles. The van der Waals surface area contributed by atoms with Crippen LogP contribution >= 0.6 is 0 Å². The molecule has 2 heterocycles. The van der Waals surface area contributed by atoms with E-state index in [1.165, 1.54) is 0 Å². The maximum Gasteiger partial charge on any atom is 0.262 e. The Morgan fingerprint density at radius 3 is 2.70 bits per heavy atom. The predicted octanol–water partition coefficient (Wildman–Crippen LogP) is 4.84. The van der Waals surface area contributed by atoms with Crippen molar-refractivity contribution in [1.82, 2.24) is 5.16 Å². The van der Waals surface area contributed by atoms with Gasteiger partial charge in [0, 0.05) is 5.92 Å². The lowest BCUT2D eigenvalue weighted by Crippen LogP contribution is -2.68. The molecule has 2 saturated carbocycles. The van der Waals surface area contributed by atoms with Crippen molar-refractivity contribution in [2.24, 2.45) is 34.5 Å². The number of fused-ring (bicyclic) bond motifs is 6. The number of nitrogens with zero attached hydrogens (tertiary/aromatic N) is 1. The zero-order valence-electron chi connectivity index (χ0n) is 22.3. The van der Waals surface area contributed by atoms with E-state index in [4.69, 9.17) is 18.7 Å². The summed E-state index contributed by atoms with van der Waals surface area (Å²) in [5.41, 5.74) is -0.544. The summed E-state index contributed by atoms with van der Waals surface area (Å²) in [4.78, 5) is 14.8. The first-order chi connectivity index (χ1) is 17.4. The van der Waals surface area contributed by atoms with Crippen molar-refractivity contribution in [3.05, 3.63) is 47.6 Å². The molecule has 1 unspecified atom stereocenters. The summed E-state index contributed by atoms with van der Waals surface area (Å²) >= 11 is 0. The van der Waals surface area contributed by atoms with Crippen LogP contribution < -0.4 is 4.74 Å². The molecule has 2 bridgehead atoms. The summed E-state index contributed by atoms with van der Waals surface area (Å²) in [7, 11) is 0. The molecule has 2 aromatic rings. The second kappa shape index (κ2) is 7.13. The molecule has 1 aromatic heterocycles. The molecule has 1 N–H and O–H groups in total. The first-order valence-electron chi connectivity index (χ1n) is 13.4. The number of Topliss-reactive ketones (excluding diaryl/α,β-unsaturated/α-hetero) is 1. The van der Waals surface area contributed by atoms with Crippen molar-refractivity contribution in [2.75, 3.05) is 6.61 Å². The van der Waals surface area contributed by atoms with Crippen molar-refractivity contribution in [3.8, 4) is 5.88 Å². The smallest absolute Gasteiger partial charge is 0.262 e. The standard InChI is InChI=1S/C30H35NO6/c1-15-13-29-16(2)11-20-22(27(20,3)4)19(23(29)32)12-17-14-34-28(5,6)36-25(17)30(29,33)24(15)35-26-18-9-7-8-10-21(18)37-31-26/h7-10,12-13,16,19-20,22,24-25,33H,11,14H2,1-6H3/t16-,19+,20-,22+,24+,25-,29?,30-/m1/s1. The van der Waals surface area contributed by atoms with Crippen molar-refractivity contribution in [1.29, 1.82) is 0 Å². The molecule has 8 atom stereocenters. The zero-order valence-corrected chi connectivity index (χ0v) is 22.3. The molecule has 0 amide bonds. The van der Waals surface area contributed by atoms with E-state index in [9.17, 15) is 9.90 Å². The molecule has 196 valence electrons. The molecule has 3 fully saturated rings. The van der Waals surface area contributed by atoms with Crippen LogP contribution in [0.5, 0.6) is 5.88 Å². The minimum atomic E-state index is -1.68. The van der Waals surface area contributed by atoms with Crippen molar-refractivity contribution < 1.29 is 28.6 Å². The first kappa shape index (κ1) is 23.6. The largest absolute Gasteiger partial charge is 0.464 e. The summed E-state index contributed by atoms with van der Waals surface area (Å²) < 4.78 is 24.7. The van der Waals surface area contributed by atoms with Crippen LogP contribution in [0.2, 0.25) is 0 Å². The third kappa shape index (κ3) is 2.83. The average molecular weight is 506 g/mol. The van der Waals surface area contributed by atoms with Crippen LogP contribution in [0.15, 0.2) is 52.1 Å². The SMILES string of the molecule is CC1=CC23C(=O)[C@@H](C=C4COC(C)(C)O[C@H]4[C@]2(O)[C@H]1Oc1noc2ccccc12)[C@H]1[C@@H](C[C@H]3C)C1(C)C. The van der Waals surface area contributed by atoms with Crippen LogP contribution in [0, 0.1) is 34.5 Å². The quantitative estimate of drug-likeness (QED) is 0.584. The predicted molar refractivity (Wildman–Crippen MR) is 136 cm³/mol. The average Bonchev–Trinajstić information content (AvgIpc) is 3.12. The minimum absolute atomic E-state index is 0.0688. The van der Waals surface area contributed by atoms with E-state index < -0.39 is 29.0 Å². The lowest BCUT2D eigenvalue weighted by molar-refractivity contribution is -0.301. The van der Waals surface area contributed by atoms with Gasteiger partial charge in [0.15, 0.2) is 28.9 Å². The van der Waals surface area contributed by atoms with Crippen LogP contribution in [-0.2, 0) is 14.3 Å². The number of allylic oxidation sites excluding steroid dienone is 1. The Kier molecular flexibility index (Phi) is 4.55. The number of hydrogen-bond acceptors (Lipinski definition) is 7. The highest BCUT2D eigenvalue weighted by molar-refractivity contribution is 5.95. The monoisotopic (exact) mass is 505 g/mol. The second-order valence-corrected chi connectivity index (χ2v) is 13.0. The molecule has 7 nitrogen and oxygen atoms in total. The molecule has 1 aliphatic heterocycles. The molecule has 1 spiro atoms. The van der Waals surface area contributed by atoms with Gasteiger partial charge in [-0.15, -0.1) is 0 Å². The van der Waals surface area contributed by atoms with E-state index >= 15 is 0 Å². The molecule has 5 aliphatic rings. The molecule has 0 radical (unpaired) electrons. The fourth-order valence-electron chi connectivity index (χ4n) is 8.36. The second-order valence-electron chi connectivity index (χ2n) is 13.0. The number of benzene rings is 1. The number of ketones is 1. The lowest BCUT2D eigenvalue weighted by Gasteiger charge is -2.52. The van der Waals surface area contributed by atoms with Gasteiger partial charge in [0.25, 0.3) is 5.88 Å². The molecule has 37 heavy (non-hydrogen) atoms. The molecule has 7 rings (SSSR count). The maximum atomic E-state index is 14.8. The Morgan fingerprint density at radius 2 is 1.92 bits per heavy atom. The van der Waals surface area contributed by atoms with Gasteiger partial charge in [-0.3, -0.25) is 4.79 Å². The van der Waals surface area contributed by atoms with Crippen LogP contribution in [0.3, 0.4) is 0 Å². The highest BCUT2D eigenvalue weighted by Gasteiger charge is 2.77. The Hall–Kier alpha value is -2.48. The van der Waals surface area contributed by atoms with E-state index in [0.717, 1.165) is 23.0 Å². The number of hydrogen-bond donors (Lipinski definition) is 1. The van der Waals surface area contributed by atoms with E-state index in [0.29, 0.717) is 24.0 Å². The number of carbonyl (C=O) groups is 1. The Balaban J connectivity index is 1.43. The van der Waals surface area contributed by atoms with Crippen molar-refractivity contribution in [3.63, 3.8) is 0 Å². The third-order valence-electron chi connectivity index (χ3n) is 10.2.